The van der Waals surface area contributed by atoms with Gasteiger partial charge in [-0.3, -0.25) is 0 Å². The Bertz CT molecular complexity index is 241. The van der Waals surface area contributed by atoms with Crippen LogP contribution in [0, 0.1) is 0 Å². The molecule has 0 aliphatic carbocycles. The van der Waals surface area contributed by atoms with Crippen molar-refractivity contribution in [2.24, 2.45) is 0 Å². The van der Waals surface area contributed by atoms with Gasteiger partial charge in [-0.2, -0.15) is 0 Å². The summed E-state index contributed by atoms with van der Waals surface area (Å²) in [7, 11) is -8.07. The van der Waals surface area contributed by atoms with E-state index in [4.69, 9.17) is 24.7 Å². The Morgan fingerprint density at radius 2 is 0.458 bits per heavy atom. The van der Waals surface area contributed by atoms with Crippen LogP contribution in [0.3, 0.4) is 0 Å². The zero-order valence-corrected chi connectivity index (χ0v) is 21.7. The van der Waals surface area contributed by atoms with E-state index in [2.05, 4.69) is 41.5 Å². The average Bonchev–Trinajstić information content (AvgIpc) is 2.61. The molecule has 0 N–H and O–H groups in total. The summed E-state index contributed by atoms with van der Waals surface area (Å²) in [5.41, 5.74) is 0. The summed E-state index contributed by atoms with van der Waals surface area (Å²) in [5.74, 6) is 0. The van der Waals surface area contributed by atoms with Crippen LogP contribution in [0.4, 0.5) is 0 Å². The first-order chi connectivity index (χ1) is 11.6. The molecule has 6 radical (unpaired) electrons. The van der Waals surface area contributed by atoms with Gasteiger partial charge in [-0.25, -0.2) is 0 Å². The van der Waals surface area contributed by atoms with Crippen molar-refractivity contribution in [3.8, 4) is 0 Å². The Balaban J connectivity index is 2.92. The Morgan fingerprint density at radius 3 is 0.542 bits per heavy atom. The first-order valence-corrected chi connectivity index (χ1v) is 18.0. The minimum Gasteiger partial charge on any atom is -0.414 e. The topological polar surface area (TPSA) is 55.4 Å². The summed E-state index contributed by atoms with van der Waals surface area (Å²) in [6.07, 6.45) is 0. The third-order valence-electron chi connectivity index (χ3n) is 3.10. The Hall–Kier alpha value is 1.06. The smallest absolute Gasteiger partial charge is 0.365 e. The van der Waals surface area contributed by atoms with Crippen molar-refractivity contribution in [3.05, 3.63) is 0 Å². The molecule has 0 spiro atoms. The summed E-state index contributed by atoms with van der Waals surface area (Å²) >= 11 is 0. The van der Waals surface area contributed by atoms with Gasteiger partial charge in [0.05, 0.1) is 0 Å². The molecular formula is C12H30O6Si6. The van der Waals surface area contributed by atoms with Gasteiger partial charge in [0, 0.05) is 0 Å². The van der Waals surface area contributed by atoms with Gasteiger partial charge >= 0.3 is 55.7 Å². The van der Waals surface area contributed by atoms with E-state index in [0.717, 1.165) is 36.3 Å². The van der Waals surface area contributed by atoms with Crippen molar-refractivity contribution in [2.75, 3.05) is 0 Å². The molecule has 1 aliphatic heterocycles. The van der Waals surface area contributed by atoms with Crippen LogP contribution in [0.15, 0.2) is 0 Å². The van der Waals surface area contributed by atoms with Gasteiger partial charge in [0.25, 0.3) is 0 Å². The van der Waals surface area contributed by atoms with E-state index in [1.54, 1.807) is 0 Å². The molecule has 12 heteroatoms. The normalized spacial score (nSPS) is 23.2. The second-order valence-corrected chi connectivity index (χ2v) is 18.6. The second-order valence-electron chi connectivity index (χ2n) is 4.97. The third kappa shape index (κ3) is 8.17. The molecular weight excluding hydrogens is 409 g/mol. The highest BCUT2D eigenvalue weighted by atomic mass is 28.5. The predicted octanol–water partition coefficient (Wildman–Crippen LogP) is 3.15. The number of rotatable bonds is 6. The van der Waals surface area contributed by atoms with Crippen LogP contribution in [0.2, 0.25) is 36.3 Å². The first-order valence-electron chi connectivity index (χ1n) is 8.81. The summed E-state index contributed by atoms with van der Waals surface area (Å²) in [4.78, 5) is 0. The minimum absolute atomic E-state index is 0.897. The fourth-order valence-electron chi connectivity index (χ4n) is 1.75. The molecule has 1 saturated heterocycles. The Kier molecular flexibility index (Phi) is 12.8. The Morgan fingerprint density at radius 1 is 0.333 bits per heavy atom. The number of hydrogen-bond donors (Lipinski definition) is 0. The number of hydrogen-bond acceptors (Lipinski definition) is 6. The highest BCUT2D eigenvalue weighted by Gasteiger charge is 2.35. The van der Waals surface area contributed by atoms with Gasteiger partial charge in [-0.15, -0.1) is 0 Å². The molecule has 1 fully saturated rings. The maximum absolute atomic E-state index is 6.26. The summed E-state index contributed by atoms with van der Waals surface area (Å²) < 4.78 is 37.5. The molecule has 1 heterocycles. The van der Waals surface area contributed by atoms with E-state index in [1.807, 2.05) is 0 Å². The van der Waals surface area contributed by atoms with E-state index < -0.39 is 55.7 Å². The molecule has 0 atom stereocenters. The summed E-state index contributed by atoms with van der Waals surface area (Å²) in [6, 6.07) is 5.38. The SMILES string of the molecule is CC[Si]1O[Si](CC)O[Si](CC)O[Si](CC)O[Si](CC)O[Si](CC)O1. The monoisotopic (exact) mass is 438 g/mol. The summed E-state index contributed by atoms with van der Waals surface area (Å²) in [5, 5.41) is 0. The van der Waals surface area contributed by atoms with Crippen molar-refractivity contribution in [1.82, 2.24) is 0 Å². The molecule has 0 saturated carbocycles. The molecule has 138 valence electrons. The zero-order chi connectivity index (χ0) is 17.9. The van der Waals surface area contributed by atoms with Crippen molar-refractivity contribution in [3.63, 3.8) is 0 Å². The van der Waals surface area contributed by atoms with Crippen molar-refractivity contribution < 1.29 is 24.7 Å². The third-order valence-corrected chi connectivity index (χ3v) is 17.5. The predicted molar refractivity (Wildman–Crippen MR) is 104 cm³/mol. The van der Waals surface area contributed by atoms with Gasteiger partial charge < -0.3 is 24.7 Å². The molecule has 0 aromatic carbocycles. The summed E-state index contributed by atoms with van der Waals surface area (Å²) in [6.45, 7) is 12.7. The van der Waals surface area contributed by atoms with Crippen LogP contribution in [-0.2, 0) is 24.7 Å². The van der Waals surface area contributed by atoms with Crippen LogP contribution < -0.4 is 0 Å². The van der Waals surface area contributed by atoms with Crippen molar-refractivity contribution in [2.45, 2.75) is 77.8 Å². The molecule has 6 nitrogen and oxygen atoms in total. The van der Waals surface area contributed by atoms with Gasteiger partial charge in [-0.05, 0) is 36.3 Å². The highest BCUT2D eigenvalue weighted by molar-refractivity contribution is 6.74. The standard InChI is InChI=1S/C12H30O6Si6/c1-7-19-13-20(8-2)15-22(10-4)17-24(12-6)18-23(11-5)16-21(9-3)14-19/h7-12H2,1-6H3. The lowest BCUT2D eigenvalue weighted by Crippen LogP contribution is -2.47. The first kappa shape index (κ1) is 23.1. The van der Waals surface area contributed by atoms with Crippen molar-refractivity contribution >= 4 is 55.7 Å². The highest BCUT2D eigenvalue weighted by Crippen LogP contribution is 2.16. The fraction of sp³-hybridized carbons (Fsp3) is 1.00. The van der Waals surface area contributed by atoms with Gasteiger partial charge in [0.2, 0.25) is 0 Å². The largest absolute Gasteiger partial charge is 0.414 e. The quantitative estimate of drug-likeness (QED) is 0.594. The van der Waals surface area contributed by atoms with Crippen LogP contribution in [0.1, 0.15) is 41.5 Å². The zero-order valence-electron chi connectivity index (χ0n) is 15.7. The molecule has 0 bridgehead atoms. The molecule has 24 heavy (non-hydrogen) atoms. The van der Waals surface area contributed by atoms with E-state index in [9.17, 15) is 0 Å². The van der Waals surface area contributed by atoms with Crippen LogP contribution >= 0.6 is 0 Å². The van der Waals surface area contributed by atoms with E-state index >= 15 is 0 Å². The molecule has 0 aromatic rings. The van der Waals surface area contributed by atoms with Gasteiger partial charge in [0.1, 0.15) is 0 Å². The van der Waals surface area contributed by atoms with Crippen LogP contribution in [-0.4, -0.2) is 55.7 Å². The molecule has 0 amide bonds. The fourth-order valence-corrected chi connectivity index (χ4v) is 18.0. The van der Waals surface area contributed by atoms with Crippen LogP contribution in [0.5, 0.6) is 0 Å². The van der Waals surface area contributed by atoms with E-state index in [-0.39, 0.29) is 0 Å². The lowest BCUT2D eigenvalue weighted by Gasteiger charge is -2.30. The maximum atomic E-state index is 6.26. The van der Waals surface area contributed by atoms with Crippen molar-refractivity contribution in [1.29, 1.82) is 0 Å². The molecule has 1 aliphatic rings. The lowest BCUT2D eigenvalue weighted by molar-refractivity contribution is 0.282. The average molecular weight is 439 g/mol. The van der Waals surface area contributed by atoms with Crippen LogP contribution in [0.25, 0.3) is 0 Å². The molecule has 0 unspecified atom stereocenters. The minimum atomic E-state index is -1.34. The van der Waals surface area contributed by atoms with E-state index in [0.29, 0.717) is 0 Å². The van der Waals surface area contributed by atoms with Gasteiger partial charge in [0.15, 0.2) is 0 Å². The maximum Gasteiger partial charge on any atom is 0.365 e. The lowest BCUT2D eigenvalue weighted by atomic mass is 11.0. The second kappa shape index (κ2) is 13.3. The van der Waals surface area contributed by atoms with Gasteiger partial charge in [-0.1, -0.05) is 41.5 Å². The van der Waals surface area contributed by atoms with E-state index in [1.165, 1.54) is 0 Å². The molecule has 1 rings (SSSR count). The Labute approximate surface area is 158 Å². The molecule has 0 aromatic heterocycles.